The van der Waals surface area contributed by atoms with Crippen LogP contribution in [0.2, 0.25) is 0 Å². The Bertz CT molecular complexity index is 425. The summed E-state index contributed by atoms with van der Waals surface area (Å²) in [5.41, 5.74) is 8.11. The molecule has 0 spiro atoms. The Kier molecular flexibility index (Phi) is 3.32. The van der Waals surface area contributed by atoms with Gasteiger partial charge in [0.25, 0.3) is 0 Å². The highest BCUT2D eigenvalue weighted by Gasteiger charge is 2.15. The van der Waals surface area contributed by atoms with Crippen LogP contribution in [0.25, 0.3) is 0 Å². The zero-order chi connectivity index (χ0) is 11.4. The van der Waals surface area contributed by atoms with Crippen LogP contribution in [0.15, 0.2) is 60.7 Å². The second-order valence-corrected chi connectivity index (χ2v) is 4.13. The average molecular weight is 227 g/mol. The lowest BCUT2D eigenvalue weighted by atomic mass is 9.91. The average Bonchev–Trinajstić information content (AvgIpc) is 2.31. The lowest BCUT2D eigenvalue weighted by Crippen LogP contribution is -2.20. The first-order valence-electron chi connectivity index (χ1n) is 5.18. The molecule has 2 aromatic rings. The van der Waals surface area contributed by atoms with Crippen molar-refractivity contribution in [3.05, 3.63) is 71.8 Å². The van der Waals surface area contributed by atoms with Gasteiger partial charge < -0.3 is 5.73 Å². The first kappa shape index (κ1) is 10.8. The summed E-state index contributed by atoms with van der Waals surface area (Å²) < 4.78 is 0. The maximum Gasteiger partial charge on any atom is 0.0848 e. The van der Waals surface area contributed by atoms with Crippen LogP contribution in [0.1, 0.15) is 17.0 Å². The minimum absolute atomic E-state index is 0.0115. The maximum absolute atomic E-state index is 5.83. The molecule has 0 bridgehead atoms. The van der Waals surface area contributed by atoms with Gasteiger partial charge in [-0.25, -0.2) is 0 Å². The van der Waals surface area contributed by atoms with E-state index in [1.54, 1.807) is 0 Å². The monoisotopic (exact) mass is 227 g/mol. The third kappa shape index (κ3) is 2.28. The summed E-state index contributed by atoms with van der Waals surface area (Å²) in [7, 11) is 0. The molecule has 0 unspecified atom stereocenters. The topological polar surface area (TPSA) is 26.0 Å². The second kappa shape index (κ2) is 4.90. The summed E-state index contributed by atoms with van der Waals surface area (Å²) in [5.74, 6) is 0.0115. The van der Waals surface area contributed by atoms with E-state index in [1.165, 1.54) is 0 Å². The minimum Gasteiger partial charge on any atom is -0.393 e. The van der Waals surface area contributed by atoms with Gasteiger partial charge in [0, 0.05) is 0 Å². The van der Waals surface area contributed by atoms with Crippen molar-refractivity contribution in [2.24, 2.45) is 5.73 Å². The van der Waals surface area contributed by atoms with Crippen LogP contribution in [0.3, 0.4) is 0 Å². The molecule has 0 saturated heterocycles. The van der Waals surface area contributed by atoms with Gasteiger partial charge in [0.1, 0.15) is 0 Å². The molecular weight excluding hydrogens is 214 g/mol. The Hall–Kier alpha value is -1.67. The van der Waals surface area contributed by atoms with Crippen molar-refractivity contribution < 1.29 is 0 Å². The fourth-order valence-electron chi connectivity index (χ4n) is 1.81. The standard InChI is InChI=1S/C14H13NS/c15-14(16)13(11-7-3-1-4-8-11)12-9-5-2-6-10-12/h1-10,13H,(H2,15,16). The Labute approximate surface area is 101 Å². The maximum atomic E-state index is 5.83. The van der Waals surface area contributed by atoms with Crippen LogP contribution in [-0.4, -0.2) is 4.99 Å². The van der Waals surface area contributed by atoms with E-state index in [-0.39, 0.29) is 5.92 Å². The molecule has 0 aliphatic carbocycles. The molecule has 2 rings (SSSR count). The van der Waals surface area contributed by atoms with Gasteiger partial charge in [-0.1, -0.05) is 72.9 Å². The zero-order valence-corrected chi connectivity index (χ0v) is 9.65. The van der Waals surface area contributed by atoms with E-state index in [2.05, 4.69) is 24.3 Å². The lowest BCUT2D eigenvalue weighted by Gasteiger charge is -2.16. The summed E-state index contributed by atoms with van der Waals surface area (Å²) >= 11 is 5.16. The molecule has 0 amide bonds. The summed E-state index contributed by atoms with van der Waals surface area (Å²) in [6.45, 7) is 0. The molecule has 0 atom stereocenters. The summed E-state index contributed by atoms with van der Waals surface area (Å²) in [4.78, 5) is 0.511. The summed E-state index contributed by atoms with van der Waals surface area (Å²) in [6, 6.07) is 20.2. The minimum atomic E-state index is 0.0115. The summed E-state index contributed by atoms with van der Waals surface area (Å²) in [5, 5.41) is 0. The highest BCUT2D eigenvalue weighted by Crippen LogP contribution is 2.24. The van der Waals surface area contributed by atoms with E-state index in [4.69, 9.17) is 18.0 Å². The SMILES string of the molecule is NC(=S)C(c1ccccc1)c1ccccc1. The van der Waals surface area contributed by atoms with Gasteiger partial charge in [-0.05, 0) is 11.1 Å². The van der Waals surface area contributed by atoms with Gasteiger partial charge in [0.2, 0.25) is 0 Å². The van der Waals surface area contributed by atoms with Crippen molar-refractivity contribution >= 4 is 17.2 Å². The lowest BCUT2D eigenvalue weighted by molar-refractivity contribution is 1.08. The number of hydrogen-bond donors (Lipinski definition) is 1. The molecule has 2 aromatic carbocycles. The normalized spacial score (nSPS) is 10.3. The molecule has 0 radical (unpaired) electrons. The van der Waals surface area contributed by atoms with Crippen LogP contribution in [-0.2, 0) is 0 Å². The highest BCUT2D eigenvalue weighted by molar-refractivity contribution is 7.80. The predicted molar refractivity (Wildman–Crippen MR) is 71.5 cm³/mol. The zero-order valence-electron chi connectivity index (χ0n) is 8.84. The van der Waals surface area contributed by atoms with E-state index < -0.39 is 0 Å². The van der Waals surface area contributed by atoms with Crippen molar-refractivity contribution in [1.82, 2.24) is 0 Å². The van der Waals surface area contributed by atoms with Crippen molar-refractivity contribution in [1.29, 1.82) is 0 Å². The quantitative estimate of drug-likeness (QED) is 0.815. The molecule has 0 aliphatic rings. The Morgan fingerprint density at radius 1 is 0.812 bits per heavy atom. The number of thiocarbonyl (C=S) groups is 1. The first-order valence-corrected chi connectivity index (χ1v) is 5.59. The fourth-order valence-corrected chi connectivity index (χ4v) is 2.08. The van der Waals surface area contributed by atoms with E-state index in [9.17, 15) is 0 Å². The molecule has 1 nitrogen and oxygen atoms in total. The Balaban J connectivity index is 2.44. The van der Waals surface area contributed by atoms with Gasteiger partial charge in [-0.3, -0.25) is 0 Å². The number of benzene rings is 2. The van der Waals surface area contributed by atoms with Crippen LogP contribution < -0.4 is 5.73 Å². The van der Waals surface area contributed by atoms with Gasteiger partial charge in [-0.15, -0.1) is 0 Å². The van der Waals surface area contributed by atoms with Crippen molar-refractivity contribution in [2.75, 3.05) is 0 Å². The van der Waals surface area contributed by atoms with E-state index >= 15 is 0 Å². The third-order valence-corrected chi connectivity index (χ3v) is 2.79. The van der Waals surface area contributed by atoms with Crippen molar-refractivity contribution in [3.8, 4) is 0 Å². The molecular formula is C14H13NS. The van der Waals surface area contributed by atoms with Crippen LogP contribution in [0.5, 0.6) is 0 Å². The molecule has 0 aliphatic heterocycles. The number of hydrogen-bond acceptors (Lipinski definition) is 1. The second-order valence-electron chi connectivity index (χ2n) is 3.66. The Morgan fingerprint density at radius 2 is 1.19 bits per heavy atom. The predicted octanol–water partition coefficient (Wildman–Crippen LogP) is 3.10. The van der Waals surface area contributed by atoms with Crippen molar-refractivity contribution in [2.45, 2.75) is 5.92 Å². The molecule has 2 heteroatoms. The van der Waals surface area contributed by atoms with Gasteiger partial charge >= 0.3 is 0 Å². The van der Waals surface area contributed by atoms with Crippen LogP contribution in [0.4, 0.5) is 0 Å². The van der Waals surface area contributed by atoms with E-state index in [0.29, 0.717) is 4.99 Å². The smallest absolute Gasteiger partial charge is 0.0848 e. The first-order chi connectivity index (χ1) is 7.79. The molecule has 16 heavy (non-hydrogen) atoms. The molecule has 0 heterocycles. The molecule has 0 saturated carbocycles. The number of nitrogens with two attached hydrogens (primary N) is 1. The summed E-state index contributed by atoms with van der Waals surface area (Å²) in [6.07, 6.45) is 0. The van der Waals surface area contributed by atoms with E-state index in [1.807, 2.05) is 36.4 Å². The van der Waals surface area contributed by atoms with Gasteiger partial charge in [-0.2, -0.15) is 0 Å². The number of rotatable bonds is 3. The molecule has 80 valence electrons. The van der Waals surface area contributed by atoms with Gasteiger partial charge in [0.05, 0.1) is 10.9 Å². The van der Waals surface area contributed by atoms with Crippen LogP contribution in [0, 0.1) is 0 Å². The molecule has 0 fully saturated rings. The van der Waals surface area contributed by atoms with Crippen LogP contribution >= 0.6 is 12.2 Å². The largest absolute Gasteiger partial charge is 0.393 e. The molecule has 2 N–H and O–H groups in total. The fraction of sp³-hybridized carbons (Fsp3) is 0.0714. The van der Waals surface area contributed by atoms with E-state index in [0.717, 1.165) is 11.1 Å². The van der Waals surface area contributed by atoms with Gasteiger partial charge in [0.15, 0.2) is 0 Å². The van der Waals surface area contributed by atoms with Crippen molar-refractivity contribution in [3.63, 3.8) is 0 Å². The Morgan fingerprint density at radius 3 is 1.50 bits per heavy atom. The highest BCUT2D eigenvalue weighted by atomic mass is 32.1. The molecule has 0 aromatic heterocycles. The third-order valence-electron chi connectivity index (χ3n) is 2.55.